The van der Waals surface area contributed by atoms with Gasteiger partial charge in [0.2, 0.25) is 0 Å². The van der Waals surface area contributed by atoms with Gasteiger partial charge in [0.1, 0.15) is 11.4 Å². The van der Waals surface area contributed by atoms with Crippen LogP contribution < -0.4 is 5.32 Å². The van der Waals surface area contributed by atoms with Crippen LogP contribution in [-0.2, 0) is 0 Å². The number of carbonyl (C=O) groups is 1. The van der Waals surface area contributed by atoms with E-state index in [0.29, 0.717) is 22.8 Å². The summed E-state index contributed by atoms with van der Waals surface area (Å²) >= 11 is 0. The summed E-state index contributed by atoms with van der Waals surface area (Å²) in [7, 11) is 0. The summed E-state index contributed by atoms with van der Waals surface area (Å²) in [5.74, 6) is 0.129. The predicted octanol–water partition coefficient (Wildman–Crippen LogP) is 3.25. The van der Waals surface area contributed by atoms with Gasteiger partial charge in [-0.05, 0) is 57.2 Å². The van der Waals surface area contributed by atoms with Crippen molar-refractivity contribution in [3.05, 3.63) is 65.9 Å². The van der Waals surface area contributed by atoms with E-state index >= 15 is 0 Å². The zero-order valence-corrected chi connectivity index (χ0v) is 13.8. The van der Waals surface area contributed by atoms with E-state index in [4.69, 9.17) is 0 Å². The average Bonchev–Trinajstić information content (AvgIpc) is 3.14. The lowest BCUT2D eigenvalue weighted by molar-refractivity contribution is 0.0942. The minimum atomic E-state index is -0.317. The van der Waals surface area contributed by atoms with Crippen molar-refractivity contribution in [2.75, 3.05) is 0 Å². The van der Waals surface area contributed by atoms with Gasteiger partial charge in [-0.1, -0.05) is 0 Å². The Bertz CT molecular complexity index is 848. The zero-order chi connectivity index (χ0) is 17.3. The van der Waals surface area contributed by atoms with E-state index in [1.54, 1.807) is 23.7 Å². The maximum absolute atomic E-state index is 13.2. The quantitative estimate of drug-likeness (QED) is 0.800. The molecule has 1 N–H and O–H groups in total. The number of hydrogen-bond acceptors (Lipinski definition) is 2. The number of carbonyl (C=O) groups excluding carboxylic acids is 1. The highest BCUT2D eigenvalue weighted by Crippen LogP contribution is 2.23. The number of rotatable bonds is 4. The van der Waals surface area contributed by atoms with Gasteiger partial charge in [-0.25, -0.2) is 9.07 Å². The molecule has 0 aliphatic rings. The van der Waals surface area contributed by atoms with Crippen LogP contribution in [0.4, 0.5) is 4.39 Å². The summed E-state index contributed by atoms with van der Waals surface area (Å²) in [5, 5.41) is 7.42. The minimum Gasteiger partial charge on any atom is -0.350 e. The van der Waals surface area contributed by atoms with Gasteiger partial charge in [0.25, 0.3) is 5.91 Å². The van der Waals surface area contributed by atoms with E-state index in [0.717, 1.165) is 0 Å². The van der Waals surface area contributed by atoms with Crippen LogP contribution in [0.25, 0.3) is 11.5 Å². The standard InChI is InChI=1S/C18H19FN4O/c1-12(2)20-17(24)16-13(3)21-23(15-8-6-14(19)7-9-15)18(16)22-10-4-5-11-22/h4-12H,1-3H3,(H,20,24). The highest BCUT2D eigenvalue weighted by molar-refractivity contribution is 5.98. The Morgan fingerprint density at radius 3 is 2.38 bits per heavy atom. The number of halogens is 1. The van der Waals surface area contributed by atoms with Crippen molar-refractivity contribution < 1.29 is 9.18 Å². The molecule has 1 amide bonds. The zero-order valence-electron chi connectivity index (χ0n) is 13.8. The number of aromatic nitrogens is 3. The van der Waals surface area contributed by atoms with Crippen molar-refractivity contribution in [1.82, 2.24) is 19.7 Å². The van der Waals surface area contributed by atoms with E-state index < -0.39 is 0 Å². The lowest BCUT2D eigenvalue weighted by Gasteiger charge is -2.12. The second-order valence-electron chi connectivity index (χ2n) is 5.89. The SMILES string of the molecule is Cc1nn(-c2ccc(F)cc2)c(-n2cccc2)c1C(=O)NC(C)C. The van der Waals surface area contributed by atoms with E-state index in [2.05, 4.69) is 10.4 Å². The van der Waals surface area contributed by atoms with Gasteiger partial charge in [0.05, 0.1) is 11.4 Å². The van der Waals surface area contributed by atoms with Crippen molar-refractivity contribution in [2.45, 2.75) is 26.8 Å². The molecule has 2 heterocycles. The van der Waals surface area contributed by atoms with E-state index in [9.17, 15) is 9.18 Å². The van der Waals surface area contributed by atoms with Crippen molar-refractivity contribution >= 4 is 5.91 Å². The average molecular weight is 326 g/mol. The molecule has 3 rings (SSSR count). The Hall–Kier alpha value is -2.89. The summed E-state index contributed by atoms with van der Waals surface area (Å²) in [5.41, 5.74) is 1.80. The highest BCUT2D eigenvalue weighted by atomic mass is 19.1. The van der Waals surface area contributed by atoms with Gasteiger partial charge in [-0.2, -0.15) is 5.10 Å². The Morgan fingerprint density at radius 2 is 1.79 bits per heavy atom. The number of nitrogens with one attached hydrogen (secondary N) is 1. The van der Waals surface area contributed by atoms with Crippen molar-refractivity contribution in [2.24, 2.45) is 0 Å². The monoisotopic (exact) mass is 326 g/mol. The molecule has 0 unspecified atom stereocenters. The molecule has 0 fully saturated rings. The van der Waals surface area contributed by atoms with Gasteiger partial charge in [-0.15, -0.1) is 0 Å². The minimum absolute atomic E-state index is 0.0172. The summed E-state index contributed by atoms with van der Waals surface area (Å²) in [6.07, 6.45) is 3.70. The normalized spacial score (nSPS) is 11.0. The van der Waals surface area contributed by atoms with Crippen LogP contribution in [0.15, 0.2) is 48.8 Å². The second kappa shape index (κ2) is 6.31. The molecule has 0 saturated heterocycles. The molecule has 2 aromatic heterocycles. The molecule has 5 nitrogen and oxygen atoms in total. The lowest BCUT2D eigenvalue weighted by Crippen LogP contribution is -2.31. The van der Waals surface area contributed by atoms with Crippen LogP contribution in [0.3, 0.4) is 0 Å². The molecule has 1 aromatic carbocycles. The summed E-state index contributed by atoms with van der Waals surface area (Å²) in [6.45, 7) is 5.61. The van der Waals surface area contributed by atoms with Crippen LogP contribution >= 0.6 is 0 Å². The topological polar surface area (TPSA) is 51.9 Å². The summed E-state index contributed by atoms with van der Waals surface area (Å²) in [4.78, 5) is 12.7. The Balaban J connectivity index is 2.20. The highest BCUT2D eigenvalue weighted by Gasteiger charge is 2.23. The molecule has 0 atom stereocenters. The molecule has 0 aliphatic carbocycles. The predicted molar refractivity (Wildman–Crippen MR) is 90.2 cm³/mol. The van der Waals surface area contributed by atoms with Crippen molar-refractivity contribution in [1.29, 1.82) is 0 Å². The van der Waals surface area contributed by atoms with Crippen LogP contribution in [0.5, 0.6) is 0 Å². The third-order valence-electron chi connectivity index (χ3n) is 3.60. The molecule has 24 heavy (non-hydrogen) atoms. The lowest BCUT2D eigenvalue weighted by atomic mass is 10.2. The van der Waals surface area contributed by atoms with E-state index in [-0.39, 0.29) is 17.8 Å². The Morgan fingerprint density at radius 1 is 1.17 bits per heavy atom. The fourth-order valence-corrected chi connectivity index (χ4v) is 2.59. The molecular weight excluding hydrogens is 307 g/mol. The van der Waals surface area contributed by atoms with Crippen LogP contribution in [0.1, 0.15) is 29.9 Å². The maximum Gasteiger partial charge on any atom is 0.257 e. The number of amides is 1. The van der Waals surface area contributed by atoms with E-state index in [1.807, 2.05) is 42.9 Å². The molecule has 0 aliphatic heterocycles. The number of nitrogens with zero attached hydrogens (tertiary/aromatic N) is 3. The summed E-state index contributed by atoms with van der Waals surface area (Å²) < 4.78 is 16.7. The largest absolute Gasteiger partial charge is 0.350 e. The third kappa shape index (κ3) is 2.95. The maximum atomic E-state index is 13.2. The first-order chi connectivity index (χ1) is 11.5. The smallest absolute Gasteiger partial charge is 0.257 e. The van der Waals surface area contributed by atoms with Crippen LogP contribution in [0.2, 0.25) is 0 Å². The third-order valence-corrected chi connectivity index (χ3v) is 3.60. The Kier molecular flexibility index (Phi) is 4.20. The van der Waals surface area contributed by atoms with Gasteiger partial charge in [0, 0.05) is 18.4 Å². The number of benzene rings is 1. The molecule has 6 heteroatoms. The second-order valence-corrected chi connectivity index (χ2v) is 5.89. The fourth-order valence-electron chi connectivity index (χ4n) is 2.59. The molecule has 3 aromatic rings. The molecule has 0 spiro atoms. The van der Waals surface area contributed by atoms with Gasteiger partial charge < -0.3 is 9.88 Å². The first-order valence-corrected chi connectivity index (χ1v) is 7.77. The van der Waals surface area contributed by atoms with Crippen molar-refractivity contribution in [3.63, 3.8) is 0 Å². The molecule has 0 radical (unpaired) electrons. The number of hydrogen-bond donors (Lipinski definition) is 1. The molecular formula is C18H19FN4O. The first-order valence-electron chi connectivity index (χ1n) is 7.77. The van der Waals surface area contributed by atoms with Crippen LogP contribution in [-0.4, -0.2) is 26.3 Å². The first kappa shape index (κ1) is 16.0. The van der Waals surface area contributed by atoms with Crippen LogP contribution in [0, 0.1) is 12.7 Å². The number of aryl methyl sites for hydroxylation is 1. The molecule has 124 valence electrons. The molecule has 0 bridgehead atoms. The van der Waals surface area contributed by atoms with Gasteiger partial charge in [-0.3, -0.25) is 4.79 Å². The Labute approximate surface area is 139 Å². The molecule has 0 saturated carbocycles. The van der Waals surface area contributed by atoms with Gasteiger partial charge >= 0.3 is 0 Å². The van der Waals surface area contributed by atoms with Crippen molar-refractivity contribution in [3.8, 4) is 11.5 Å². The summed E-state index contributed by atoms with van der Waals surface area (Å²) in [6, 6.07) is 9.80. The fraction of sp³-hybridized carbons (Fsp3) is 0.222. The van der Waals surface area contributed by atoms with Gasteiger partial charge in [0.15, 0.2) is 5.82 Å². The van der Waals surface area contributed by atoms with E-state index in [1.165, 1.54) is 12.1 Å².